The van der Waals surface area contributed by atoms with Gasteiger partial charge in [-0.15, -0.1) is 0 Å². The van der Waals surface area contributed by atoms with Crippen molar-refractivity contribution in [2.45, 2.75) is 18.6 Å². The SMILES string of the molecule is COC(=O)[C@H](Cc1ccc(-c2ccccc2)cc1)NC(=O)c1cc(-c2ccccc2C(F)(F)F)ccc1O. The summed E-state index contributed by atoms with van der Waals surface area (Å²) in [6.07, 6.45) is -4.51. The van der Waals surface area contributed by atoms with E-state index in [1.807, 2.05) is 54.6 Å². The molecule has 2 N–H and O–H groups in total. The molecule has 194 valence electrons. The second-order valence-electron chi connectivity index (χ2n) is 8.59. The summed E-state index contributed by atoms with van der Waals surface area (Å²) in [5.74, 6) is -1.97. The topological polar surface area (TPSA) is 75.6 Å². The number of halogens is 3. The van der Waals surface area contributed by atoms with Crippen molar-refractivity contribution in [2.24, 2.45) is 0 Å². The number of hydrogen-bond donors (Lipinski definition) is 2. The van der Waals surface area contributed by atoms with Gasteiger partial charge in [-0.3, -0.25) is 4.79 Å². The van der Waals surface area contributed by atoms with E-state index >= 15 is 0 Å². The molecule has 1 atom stereocenters. The number of amides is 1. The molecule has 0 bridgehead atoms. The first-order valence-electron chi connectivity index (χ1n) is 11.7. The fourth-order valence-corrected chi connectivity index (χ4v) is 4.14. The number of carbonyl (C=O) groups is 2. The molecule has 0 aromatic heterocycles. The quantitative estimate of drug-likeness (QED) is 0.283. The summed E-state index contributed by atoms with van der Waals surface area (Å²) in [6.45, 7) is 0. The third-order valence-corrected chi connectivity index (χ3v) is 6.08. The molecule has 0 heterocycles. The predicted molar refractivity (Wildman–Crippen MR) is 137 cm³/mol. The van der Waals surface area contributed by atoms with Crippen molar-refractivity contribution < 1.29 is 32.6 Å². The van der Waals surface area contributed by atoms with E-state index in [9.17, 15) is 27.9 Å². The van der Waals surface area contributed by atoms with Crippen molar-refractivity contribution in [1.82, 2.24) is 5.32 Å². The van der Waals surface area contributed by atoms with Gasteiger partial charge in [-0.25, -0.2) is 4.79 Å². The summed E-state index contributed by atoms with van der Waals surface area (Å²) in [5.41, 5.74) is 1.56. The van der Waals surface area contributed by atoms with Crippen molar-refractivity contribution >= 4 is 11.9 Å². The minimum absolute atomic E-state index is 0.0898. The maximum Gasteiger partial charge on any atom is 0.417 e. The van der Waals surface area contributed by atoms with Crippen LogP contribution in [-0.4, -0.2) is 30.1 Å². The molecule has 0 radical (unpaired) electrons. The van der Waals surface area contributed by atoms with Crippen LogP contribution in [0.5, 0.6) is 5.75 Å². The molecular weight excluding hydrogens is 495 g/mol. The summed E-state index contributed by atoms with van der Waals surface area (Å²) in [6, 6.07) is 24.6. The molecule has 0 aliphatic carbocycles. The maximum absolute atomic E-state index is 13.5. The van der Waals surface area contributed by atoms with Gasteiger partial charge in [0.2, 0.25) is 0 Å². The van der Waals surface area contributed by atoms with Crippen LogP contribution < -0.4 is 5.32 Å². The highest BCUT2D eigenvalue weighted by atomic mass is 19.4. The zero-order valence-electron chi connectivity index (χ0n) is 20.3. The Labute approximate surface area is 217 Å². The van der Waals surface area contributed by atoms with E-state index < -0.39 is 35.4 Å². The Kier molecular flexibility index (Phi) is 7.81. The van der Waals surface area contributed by atoms with Crippen molar-refractivity contribution in [3.05, 3.63) is 114 Å². The summed E-state index contributed by atoms with van der Waals surface area (Å²) >= 11 is 0. The van der Waals surface area contributed by atoms with Crippen molar-refractivity contribution in [3.63, 3.8) is 0 Å². The first-order valence-corrected chi connectivity index (χ1v) is 11.7. The fourth-order valence-electron chi connectivity index (χ4n) is 4.14. The molecule has 0 fully saturated rings. The van der Waals surface area contributed by atoms with Crippen LogP contribution in [0.3, 0.4) is 0 Å². The average molecular weight is 520 g/mol. The van der Waals surface area contributed by atoms with Gasteiger partial charge in [-0.2, -0.15) is 13.2 Å². The van der Waals surface area contributed by atoms with Crippen LogP contribution in [0.4, 0.5) is 13.2 Å². The summed E-state index contributed by atoms with van der Waals surface area (Å²) in [5, 5.41) is 12.9. The molecule has 8 heteroatoms. The highest BCUT2D eigenvalue weighted by molar-refractivity contribution is 6.00. The first kappa shape index (κ1) is 26.5. The molecule has 0 saturated carbocycles. The summed E-state index contributed by atoms with van der Waals surface area (Å²) in [4.78, 5) is 25.6. The highest BCUT2D eigenvalue weighted by Crippen LogP contribution is 2.38. The van der Waals surface area contributed by atoms with Crippen molar-refractivity contribution in [1.29, 1.82) is 0 Å². The molecule has 0 aliphatic heterocycles. The molecular formula is C30H24F3NO4. The van der Waals surface area contributed by atoms with Crippen molar-refractivity contribution in [3.8, 4) is 28.0 Å². The average Bonchev–Trinajstić information content (AvgIpc) is 2.93. The van der Waals surface area contributed by atoms with E-state index in [1.54, 1.807) is 0 Å². The van der Waals surface area contributed by atoms with Gasteiger partial charge in [0.05, 0.1) is 18.2 Å². The molecule has 0 unspecified atom stereocenters. The van der Waals surface area contributed by atoms with Gasteiger partial charge in [-0.05, 0) is 46.0 Å². The molecule has 4 aromatic rings. The Balaban J connectivity index is 1.57. The summed E-state index contributed by atoms with van der Waals surface area (Å²) < 4.78 is 45.4. The number of phenols is 1. The van der Waals surface area contributed by atoms with Gasteiger partial charge < -0.3 is 15.2 Å². The number of hydrogen-bond acceptors (Lipinski definition) is 4. The van der Waals surface area contributed by atoms with Gasteiger partial charge in [0.25, 0.3) is 5.91 Å². The van der Waals surface area contributed by atoms with E-state index in [0.29, 0.717) is 0 Å². The first-order chi connectivity index (χ1) is 18.2. The van der Waals surface area contributed by atoms with Gasteiger partial charge in [-0.1, -0.05) is 78.9 Å². The zero-order chi connectivity index (χ0) is 27.3. The highest BCUT2D eigenvalue weighted by Gasteiger charge is 2.33. The van der Waals surface area contributed by atoms with Gasteiger partial charge in [0.15, 0.2) is 0 Å². The number of methoxy groups -OCH3 is 1. The molecule has 5 nitrogen and oxygen atoms in total. The molecule has 4 rings (SSSR count). The largest absolute Gasteiger partial charge is 0.507 e. The lowest BCUT2D eigenvalue weighted by Crippen LogP contribution is -2.43. The molecule has 4 aromatic carbocycles. The number of benzene rings is 4. The lowest BCUT2D eigenvalue weighted by Gasteiger charge is -2.18. The number of phenolic OH excluding ortho intramolecular Hbond substituents is 1. The Morgan fingerprint density at radius 3 is 2.11 bits per heavy atom. The second-order valence-corrected chi connectivity index (χ2v) is 8.59. The maximum atomic E-state index is 13.5. The predicted octanol–water partition coefficient (Wildman–Crippen LogP) is 6.26. The van der Waals surface area contributed by atoms with Gasteiger partial charge in [0.1, 0.15) is 11.8 Å². The number of carbonyl (C=O) groups excluding carboxylic acids is 2. The Bertz CT molecular complexity index is 1430. The number of rotatable bonds is 7. The Morgan fingerprint density at radius 2 is 1.45 bits per heavy atom. The molecule has 0 saturated heterocycles. The van der Waals surface area contributed by atoms with E-state index in [1.165, 1.54) is 31.4 Å². The van der Waals surface area contributed by atoms with E-state index in [-0.39, 0.29) is 23.1 Å². The number of nitrogens with one attached hydrogen (secondary N) is 1. The van der Waals surface area contributed by atoms with Crippen LogP contribution >= 0.6 is 0 Å². The van der Waals surface area contributed by atoms with Gasteiger partial charge >= 0.3 is 12.1 Å². The molecule has 38 heavy (non-hydrogen) atoms. The normalized spacial score (nSPS) is 12.0. The number of ether oxygens (including phenoxy) is 1. The third-order valence-electron chi connectivity index (χ3n) is 6.08. The number of alkyl halides is 3. The number of esters is 1. The Morgan fingerprint density at radius 1 is 0.842 bits per heavy atom. The van der Waals surface area contributed by atoms with Crippen LogP contribution in [0.2, 0.25) is 0 Å². The summed E-state index contributed by atoms with van der Waals surface area (Å²) in [7, 11) is 1.19. The monoisotopic (exact) mass is 519 g/mol. The molecule has 0 spiro atoms. The van der Waals surface area contributed by atoms with Crippen LogP contribution in [0.25, 0.3) is 22.3 Å². The Hall–Kier alpha value is -4.59. The zero-order valence-corrected chi connectivity index (χ0v) is 20.3. The van der Waals surface area contributed by atoms with Crippen LogP contribution in [-0.2, 0) is 22.1 Å². The molecule has 1 amide bonds. The van der Waals surface area contributed by atoms with Crippen LogP contribution in [0, 0.1) is 0 Å². The van der Waals surface area contributed by atoms with Crippen molar-refractivity contribution in [2.75, 3.05) is 7.11 Å². The van der Waals surface area contributed by atoms with Crippen LogP contribution in [0.1, 0.15) is 21.5 Å². The standard InChI is InChI=1S/C30H24F3NO4/c1-38-29(37)26(17-19-11-13-21(14-12-19)20-7-3-2-4-8-20)34-28(36)24-18-22(15-16-27(24)35)23-9-5-6-10-25(23)30(31,32)33/h2-16,18,26,35H,17H2,1H3,(H,34,36)/t26-/m0/s1. The minimum Gasteiger partial charge on any atom is -0.507 e. The van der Waals surface area contributed by atoms with E-state index in [2.05, 4.69) is 5.32 Å². The molecule has 0 aliphatic rings. The third kappa shape index (κ3) is 6.03. The van der Waals surface area contributed by atoms with E-state index in [0.717, 1.165) is 34.9 Å². The smallest absolute Gasteiger partial charge is 0.417 e. The lowest BCUT2D eigenvalue weighted by molar-refractivity contribution is -0.143. The number of aromatic hydroxyl groups is 1. The van der Waals surface area contributed by atoms with E-state index in [4.69, 9.17) is 4.74 Å². The van der Waals surface area contributed by atoms with Gasteiger partial charge in [0, 0.05) is 6.42 Å². The fraction of sp³-hybridized carbons (Fsp3) is 0.133. The van der Waals surface area contributed by atoms with Crippen LogP contribution in [0.15, 0.2) is 97.1 Å². The minimum atomic E-state index is -4.61. The lowest BCUT2D eigenvalue weighted by atomic mass is 9.97. The second kappa shape index (κ2) is 11.2.